The number of amides is 1. The van der Waals surface area contributed by atoms with Gasteiger partial charge in [-0.3, -0.25) is 4.79 Å². The lowest BCUT2D eigenvalue weighted by atomic mass is 9.82. The molecule has 0 aliphatic carbocycles. The van der Waals surface area contributed by atoms with Crippen molar-refractivity contribution in [3.63, 3.8) is 0 Å². The Bertz CT molecular complexity index is 838. The zero-order valence-electron chi connectivity index (χ0n) is 14.4. The van der Waals surface area contributed by atoms with Crippen LogP contribution in [0.25, 0.3) is 0 Å². The number of rotatable bonds is 5. The molecule has 0 aromatic heterocycles. The first-order valence-electron chi connectivity index (χ1n) is 8.37. The zero-order valence-corrected chi connectivity index (χ0v) is 14.4. The van der Waals surface area contributed by atoms with Gasteiger partial charge >= 0.3 is 5.97 Å². The molecule has 1 aliphatic rings. The number of hydrogen-bond acceptors (Lipinski definition) is 3. The van der Waals surface area contributed by atoms with E-state index in [1.165, 1.54) is 12.1 Å². The van der Waals surface area contributed by atoms with Crippen LogP contribution in [0.15, 0.2) is 48.5 Å². The first-order valence-corrected chi connectivity index (χ1v) is 8.37. The highest BCUT2D eigenvalue weighted by molar-refractivity contribution is 5.95. The first kappa shape index (κ1) is 17.9. The smallest absolute Gasteiger partial charge is 0.341 e. The van der Waals surface area contributed by atoms with Crippen LogP contribution in [-0.4, -0.2) is 41.6 Å². The average molecular weight is 357 g/mol. The zero-order chi connectivity index (χ0) is 18.7. The second kappa shape index (κ2) is 7.15. The van der Waals surface area contributed by atoms with E-state index in [2.05, 4.69) is 0 Å². The van der Waals surface area contributed by atoms with Gasteiger partial charge in [0.2, 0.25) is 0 Å². The van der Waals surface area contributed by atoms with Crippen LogP contribution in [0.5, 0.6) is 5.75 Å². The highest BCUT2D eigenvalue weighted by Crippen LogP contribution is 2.35. The average Bonchev–Trinajstić information content (AvgIpc) is 3.03. The molecule has 136 valence electrons. The summed E-state index contributed by atoms with van der Waals surface area (Å²) in [5.74, 6) is -1.17. The van der Waals surface area contributed by atoms with E-state index in [-0.39, 0.29) is 17.1 Å². The molecule has 1 heterocycles. The van der Waals surface area contributed by atoms with E-state index in [4.69, 9.17) is 9.84 Å². The quantitative estimate of drug-likeness (QED) is 0.893. The molecule has 2 aromatic carbocycles. The van der Waals surface area contributed by atoms with Crippen LogP contribution in [0.4, 0.5) is 4.39 Å². The highest BCUT2D eigenvalue weighted by atomic mass is 19.1. The molecule has 1 unspecified atom stereocenters. The number of halogens is 1. The number of carbonyl (C=O) groups excluding carboxylic acids is 1. The van der Waals surface area contributed by atoms with Crippen molar-refractivity contribution in [2.24, 2.45) is 0 Å². The van der Waals surface area contributed by atoms with Crippen molar-refractivity contribution < 1.29 is 23.8 Å². The molecule has 0 radical (unpaired) electrons. The number of ether oxygens (including phenoxy) is 1. The number of likely N-dealkylation sites (tertiary alicyclic amines) is 1. The first-order chi connectivity index (χ1) is 12.4. The van der Waals surface area contributed by atoms with Crippen LogP contribution in [0.1, 0.15) is 29.3 Å². The Hall–Kier alpha value is -2.89. The second-order valence-electron chi connectivity index (χ2n) is 6.76. The van der Waals surface area contributed by atoms with E-state index in [1.807, 2.05) is 13.0 Å². The van der Waals surface area contributed by atoms with Crippen LogP contribution < -0.4 is 4.74 Å². The molecule has 1 saturated heterocycles. The molecule has 1 aliphatic heterocycles. The number of carbonyl (C=O) groups is 2. The summed E-state index contributed by atoms with van der Waals surface area (Å²) < 4.78 is 18.7. The minimum absolute atomic E-state index is 0.147. The maximum Gasteiger partial charge on any atom is 0.341 e. The molecule has 3 rings (SSSR count). The number of carboxylic acid groups (broad SMARTS) is 1. The van der Waals surface area contributed by atoms with Crippen molar-refractivity contribution in [2.75, 3.05) is 19.7 Å². The van der Waals surface area contributed by atoms with E-state index >= 15 is 0 Å². The Morgan fingerprint density at radius 2 is 2.00 bits per heavy atom. The maximum absolute atomic E-state index is 13.5. The van der Waals surface area contributed by atoms with Gasteiger partial charge in [0.05, 0.1) is 0 Å². The predicted molar refractivity (Wildman–Crippen MR) is 93.8 cm³/mol. The molecule has 1 N–H and O–H groups in total. The number of aliphatic carboxylic acids is 1. The molecule has 0 saturated carbocycles. The van der Waals surface area contributed by atoms with Crippen molar-refractivity contribution in [3.05, 3.63) is 65.5 Å². The summed E-state index contributed by atoms with van der Waals surface area (Å²) in [5.41, 5.74) is 1.03. The van der Waals surface area contributed by atoms with E-state index in [9.17, 15) is 14.0 Å². The third-order valence-corrected chi connectivity index (χ3v) is 4.73. The van der Waals surface area contributed by atoms with Crippen molar-refractivity contribution in [1.82, 2.24) is 4.90 Å². The van der Waals surface area contributed by atoms with E-state index in [1.54, 1.807) is 35.2 Å². The highest BCUT2D eigenvalue weighted by Gasteiger charge is 2.37. The van der Waals surface area contributed by atoms with Crippen LogP contribution >= 0.6 is 0 Å². The van der Waals surface area contributed by atoms with Crippen LogP contribution in [0.2, 0.25) is 0 Å². The standard InChI is InChI=1S/C20H20FNO4/c1-20(15-5-3-6-16(21)11-15)8-9-22(13-20)19(25)14-4-2-7-17(10-14)26-12-18(23)24/h2-7,10-11H,8-9,12-13H2,1H3,(H,23,24). The van der Waals surface area contributed by atoms with Gasteiger partial charge in [0.1, 0.15) is 11.6 Å². The number of hydrogen-bond donors (Lipinski definition) is 1. The summed E-state index contributed by atoms with van der Waals surface area (Å²) >= 11 is 0. The lowest BCUT2D eigenvalue weighted by Crippen LogP contribution is -2.32. The van der Waals surface area contributed by atoms with Gasteiger partial charge in [-0.2, -0.15) is 0 Å². The normalized spacial score (nSPS) is 19.4. The largest absolute Gasteiger partial charge is 0.482 e. The second-order valence-corrected chi connectivity index (χ2v) is 6.76. The van der Waals surface area contributed by atoms with Crippen LogP contribution in [-0.2, 0) is 10.2 Å². The predicted octanol–water partition coefficient (Wildman–Crippen LogP) is 3.09. The van der Waals surface area contributed by atoms with E-state index in [0.717, 1.165) is 12.0 Å². The molecule has 2 aromatic rings. The van der Waals surface area contributed by atoms with Crippen molar-refractivity contribution in [1.29, 1.82) is 0 Å². The molecule has 26 heavy (non-hydrogen) atoms. The van der Waals surface area contributed by atoms with Gasteiger partial charge in [-0.05, 0) is 42.3 Å². The summed E-state index contributed by atoms with van der Waals surface area (Å²) in [6.45, 7) is 2.64. The van der Waals surface area contributed by atoms with Gasteiger partial charge < -0.3 is 14.7 Å². The molecule has 0 bridgehead atoms. The van der Waals surface area contributed by atoms with Crippen LogP contribution in [0.3, 0.4) is 0 Å². The third-order valence-electron chi connectivity index (χ3n) is 4.73. The Labute approximate surface area is 151 Å². The third kappa shape index (κ3) is 3.85. The SMILES string of the molecule is CC1(c2cccc(F)c2)CCN(C(=O)c2cccc(OCC(=O)O)c2)C1. The molecule has 1 amide bonds. The van der Waals surface area contributed by atoms with Crippen molar-refractivity contribution >= 4 is 11.9 Å². The lowest BCUT2D eigenvalue weighted by Gasteiger charge is -2.25. The van der Waals surface area contributed by atoms with Gasteiger partial charge in [-0.25, -0.2) is 9.18 Å². The summed E-state index contributed by atoms with van der Waals surface area (Å²) in [6, 6.07) is 13.0. The summed E-state index contributed by atoms with van der Waals surface area (Å²) in [7, 11) is 0. The van der Waals surface area contributed by atoms with Crippen molar-refractivity contribution in [3.8, 4) is 5.75 Å². The topological polar surface area (TPSA) is 66.8 Å². The number of benzene rings is 2. The van der Waals surface area contributed by atoms with Gasteiger partial charge in [0, 0.05) is 24.1 Å². The molecule has 1 atom stereocenters. The van der Waals surface area contributed by atoms with Gasteiger partial charge in [-0.1, -0.05) is 25.1 Å². The summed E-state index contributed by atoms with van der Waals surface area (Å²) in [6.07, 6.45) is 0.747. The minimum atomic E-state index is -1.08. The minimum Gasteiger partial charge on any atom is -0.482 e. The van der Waals surface area contributed by atoms with Gasteiger partial charge in [0.25, 0.3) is 5.91 Å². The fraction of sp³-hybridized carbons (Fsp3) is 0.300. The summed E-state index contributed by atoms with van der Waals surface area (Å²) in [5, 5.41) is 8.68. The van der Waals surface area contributed by atoms with Crippen molar-refractivity contribution in [2.45, 2.75) is 18.8 Å². The number of nitrogens with zero attached hydrogens (tertiary/aromatic N) is 1. The fourth-order valence-corrected chi connectivity index (χ4v) is 3.28. The van der Waals surface area contributed by atoms with E-state index in [0.29, 0.717) is 24.4 Å². The van der Waals surface area contributed by atoms with E-state index < -0.39 is 12.6 Å². The van der Waals surface area contributed by atoms with Crippen LogP contribution in [0, 0.1) is 5.82 Å². The summed E-state index contributed by atoms with van der Waals surface area (Å²) in [4.78, 5) is 25.1. The molecular formula is C20H20FNO4. The monoisotopic (exact) mass is 357 g/mol. The lowest BCUT2D eigenvalue weighted by molar-refractivity contribution is -0.139. The maximum atomic E-state index is 13.5. The fourth-order valence-electron chi connectivity index (χ4n) is 3.28. The molecular weight excluding hydrogens is 337 g/mol. The Morgan fingerprint density at radius 1 is 1.23 bits per heavy atom. The molecule has 0 spiro atoms. The number of carboxylic acids is 1. The molecule has 5 nitrogen and oxygen atoms in total. The van der Waals surface area contributed by atoms with Gasteiger partial charge in [-0.15, -0.1) is 0 Å². The molecule has 1 fully saturated rings. The molecule has 6 heteroatoms. The Kier molecular flexibility index (Phi) is 4.93. The van der Waals surface area contributed by atoms with Gasteiger partial charge in [0.15, 0.2) is 6.61 Å². The Morgan fingerprint density at radius 3 is 2.73 bits per heavy atom. The Balaban J connectivity index is 1.73.